The second-order valence-electron chi connectivity index (χ2n) is 6.52. The van der Waals surface area contributed by atoms with Crippen molar-refractivity contribution in [3.63, 3.8) is 0 Å². The first-order chi connectivity index (χ1) is 14.8. The fourth-order valence-corrected chi connectivity index (χ4v) is 4.10. The van der Waals surface area contributed by atoms with Gasteiger partial charge in [0.05, 0.1) is 22.0 Å². The quantitative estimate of drug-likeness (QED) is 0.425. The zero-order valence-corrected chi connectivity index (χ0v) is 18.4. The van der Waals surface area contributed by atoms with E-state index in [1.54, 1.807) is 29.2 Å². The summed E-state index contributed by atoms with van der Waals surface area (Å²) < 4.78 is 41.4. The summed E-state index contributed by atoms with van der Waals surface area (Å²) in [6.45, 7) is 4.90. The van der Waals surface area contributed by atoms with Crippen LogP contribution in [0.3, 0.4) is 0 Å². The highest BCUT2D eigenvalue weighted by Gasteiger charge is 2.31. The highest BCUT2D eigenvalue weighted by Crippen LogP contribution is 2.35. The first kappa shape index (κ1) is 23.1. The average Bonchev–Trinajstić information content (AvgIpc) is 3.16. The smallest absolute Gasteiger partial charge is 0.343 e. The number of thioether (sulfide) groups is 1. The molecule has 0 unspecified atom stereocenters. The van der Waals surface area contributed by atoms with Gasteiger partial charge in [-0.1, -0.05) is 41.6 Å². The van der Waals surface area contributed by atoms with Crippen LogP contribution in [0.1, 0.15) is 19.4 Å². The molecule has 3 aromatic rings. The van der Waals surface area contributed by atoms with Crippen LogP contribution < -0.4 is 0 Å². The van der Waals surface area contributed by atoms with E-state index in [4.69, 9.17) is 11.6 Å². The van der Waals surface area contributed by atoms with Crippen LogP contribution >= 0.6 is 23.4 Å². The van der Waals surface area contributed by atoms with E-state index in [1.165, 1.54) is 16.7 Å². The zero-order chi connectivity index (χ0) is 22.6. The molecule has 0 radical (unpaired) electrons. The van der Waals surface area contributed by atoms with Crippen LogP contribution in [0.25, 0.3) is 17.1 Å². The minimum atomic E-state index is -4.50. The fraction of sp³-hybridized carbons (Fsp3) is 0.286. The molecule has 3 rings (SSSR count). The van der Waals surface area contributed by atoms with Gasteiger partial charge < -0.3 is 4.90 Å². The van der Waals surface area contributed by atoms with Crippen molar-refractivity contribution >= 4 is 29.3 Å². The molecule has 10 heteroatoms. The molecular weight excluding hydrogens is 449 g/mol. The SMILES string of the molecule is CCN(CC)C(=O)CSc1nnc(-c2ccccc2Cl)n1-c1cccc(C(F)(F)F)c1. The summed E-state index contributed by atoms with van der Waals surface area (Å²) in [6.07, 6.45) is -4.50. The molecule has 1 amide bonds. The molecule has 2 aromatic carbocycles. The van der Waals surface area contributed by atoms with Crippen molar-refractivity contribution in [2.75, 3.05) is 18.8 Å². The normalized spacial score (nSPS) is 11.5. The molecule has 0 fully saturated rings. The van der Waals surface area contributed by atoms with E-state index in [-0.39, 0.29) is 17.3 Å². The molecule has 0 atom stereocenters. The van der Waals surface area contributed by atoms with Crippen molar-refractivity contribution in [1.29, 1.82) is 0 Å². The Hall–Kier alpha value is -2.52. The molecule has 0 saturated carbocycles. The highest BCUT2D eigenvalue weighted by molar-refractivity contribution is 7.99. The summed E-state index contributed by atoms with van der Waals surface area (Å²) in [7, 11) is 0. The maximum absolute atomic E-state index is 13.3. The predicted molar refractivity (Wildman–Crippen MR) is 115 cm³/mol. The molecule has 0 N–H and O–H groups in total. The first-order valence-electron chi connectivity index (χ1n) is 9.54. The Kier molecular flexibility index (Phi) is 7.27. The van der Waals surface area contributed by atoms with Crippen LogP contribution in [0.5, 0.6) is 0 Å². The van der Waals surface area contributed by atoms with E-state index < -0.39 is 11.7 Å². The molecule has 0 spiro atoms. The molecular formula is C21H20ClF3N4OS. The number of carbonyl (C=O) groups is 1. The van der Waals surface area contributed by atoms with Crippen LogP contribution in [0.2, 0.25) is 5.02 Å². The second kappa shape index (κ2) is 9.74. The molecule has 0 aliphatic carbocycles. The van der Waals surface area contributed by atoms with E-state index in [1.807, 2.05) is 13.8 Å². The van der Waals surface area contributed by atoms with Gasteiger partial charge in [0.1, 0.15) is 0 Å². The molecule has 0 aliphatic rings. The van der Waals surface area contributed by atoms with Crippen molar-refractivity contribution in [3.8, 4) is 17.1 Å². The van der Waals surface area contributed by atoms with Gasteiger partial charge in [-0.05, 0) is 44.2 Å². The van der Waals surface area contributed by atoms with Gasteiger partial charge in [-0.2, -0.15) is 13.2 Å². The van der Waals surface area contributed by atoms with E-state index >= 15 is 0 Å². The van der Waals surface area contributed by atoms with Gasteiger partial charge in [0.15, 0.2) is 11.0 Å². The number of hydrogen-bond acceptors (Lipinski definition) is 4. The van der Waals surface area contributed by atoms with Crippen molar-refractivity contribution in [2.45, 2.75) is 25.2 Å². The Bertz CT molecular complexity index is 1070. The van der Waals surface area contributed by atoms with E-state index in [9.17, 15) is 18.0 Å². The Balaban J connectivity index is 2.07. The van der Waals surface area contributed by atoms with Crippen LogP contribution in [0, 0.1) is 0 Å². The lowest BCUT2D eigenvalue weighted by Crippen LogP contribution is -2.31. The second-order valence-corrected chi connectivity index (χ2v) is 7.87. The minimum absolute atomic E-state index is 0.0846. The Morgan fingerprint density at radius 2 is 1.81 bits per heavy atom. The number of benzene rings is 2. The topological polar surface area (TPSA) is 51.0 Å². The van der Waals surface area contributed by atoms with E-state index in [2.05, 4.69) is 10.2 Å². The predicted octanol–water partition coefficient (Wildman–Crippen LogP) is 5.57. The van der Waals surface area contributed by atoms with Crippen molar-refractivity contribution in [1.82, 2.24) is 19.7 Å². The van der Waals surface area contributed by atoms with E-state index in [0.29, 0.717) is 34.7 Å². The number of carbonyl (C=O) groups excluding carboxylic acids is 1. The van der Waals surface area contributed by atoms with Crippen LogP contribution in [-0.2, 0) is 11.0 Å². The summed E-state index contributed by atoms with van der Waals surface area (Å²) in [4.78, 5) is 14.1. The molecule has 0 saturated heterocycles. The van der Waals surface area contributed by atoms with Crippen LogP contribution in [-0.4, -0.2) is 44.4 Å². The number of rotatable bonds is 7. The average molecular weight is 469 g/mol. The molecule has 164 valence electrons. The van der Waals surface area contributed by atoms with Gasteiger partial charge in [-0.3, -0.25) is 9.36 Å². The van der Waals surface area contributed by atoms with Gasteiger partial charge in [0, 0.05) is 18.7 Å². The Labute approximate surface area is 187 Å². The lowest BCUT2D eigenvalue weighted by Gasteiger charge is -2.18. The third-order valence-corrected chi connectivity index (χ3v) is 5.86. The number of nitrogens with zero attached hydrogens (tertiary/aromatic N) is 4. The largest absolute Gasteiger partial charge is 0.416 e. The Morgan fingerprint density at radius 3 is 2.45 bits per heavy atom. The fourth-order valence-electron chi connectivity index (χ4n) is 3.03. The molecule has 0 bridgehead atoms. The van der Waals surface area contributed by atoms with Gasteiger partial charge in [-0.15, -0.1) is 10.2 Å². The standard InChI is InChI=1S/C21H20ClF3N4OS/c1-3-28(4-2)18(30)13-31-20-27-26-19(16-10-5-6-11-17(16)22)29(20)15-9-7-8-14(12-15)21(23,24)25/h5-12H,3-4,13H2,1-2H3. The monoisotopic (exact) mass is 468 g/mol. The van der Waals surface area contributed by atoms with Gasteiger partial charge in [-0.25, -0.2) is 0 Å². The molecule has 5 nitrogen and oxygen atoms in total. The van der Waals surface area contributed by atoms with Crippen LogP contribution in [0.4, 0.5) is 13.2 Å². The van der Waals surface area contributed by atoms with E-state index in [0.717, 1.165) is 23.9 Å². The number of aromatic nitrogens is 3. The summed E-state index contributed by atoms with van der Waals surface area (Å²) in [5, 5.41) is 9.02. The zero-order valence-electron chi connectivity index (χ0n) is 16.9. The summed E-state index contributed by atoms with van der Waals surface area (Å²) in [5.41, 5.74) is -0.0393. The van der Waals surface area contributed by atoms with Gasteiger partial charge >= 0.3 is 6.18 Å². The van der Waals surface area contributed by atoms with Crippen molar-refractivity contribution in [3.05, 3.63) is 59.1 Å². The van der Waals surface area contributed by atoms with Crippen molar-refractivity contribution < 1.29 is 18.0 Å². The third kappa shape index (κ3) is 5.22. The van der Waals surface area contributed by atoms with Crippen molar-refractivity contribution in [2.24, 2.45) is 0 Å². The number of amides is 1. The molecule has 1 heterocycles. The Morgan fingerprint density at radius 1 is 1.10 bits per heavy atom. The number of halogens is 4. The highest BCUT2D eigenvalue weighted by atomic mass is 35.5. The molecule has 1 aromatic heterocycles. The summed E-state index contributed by atoms with van der Waals surface area (Å²) >= 11 is 7.43. The van der Waals surface area contributed by atoms with Gasteiger partial charge in [0.25, 0.3) is 0 Å². The maximum Gasteiger partial charge on any atom is 0.416 e. The lowest BCUT2D eigenvalue weighted by atomic mass is 10.1. The van der Waals surface area contributed by atoms with Gasteiger partial charge in [0.2, 0.25) is 5.91 Å². The maximum atomic E-state index is 13.3. The summed E-state index contributed by atoms with van der Waals surface area (Å²) in [6, 6.07) is 11.8. The number of hydrogen-bond donors (Lipinski definition) is 0. The number of alkyl halides is 3. The molecule has 0 aliphatic heterocycles. The minimum Gasteiger partial charge on any atom is -0.343 e. The first-order valence-corrected chi connectivity index (χ1v) is 10.9. The molecule has 31 heavy (non-hydrogen) atoms. The van der Waals surface area contributed by atoms with Crippen LogP contribution in [0.15, 0.2) is 53.7 Å². The summed E-state index contributed by atoms with van der Waals surface area (Å²) in [5.74, 6) is 0.289. The lowest BCUT2D eigenvalue weighted by molar-refractivity contribution is -0.137. The third-order valence-electron chi connectivity index (χ3n) is 4.62.